The average Bonchev–Trinajstić information content (AvgIpc) is 3.92. The molecule has 12 rings (SSSR count). The van der Waals surface area contributed by atoms with Crippen LogP contribution in [0.1, 0.15) is 0 Å². The minimum Gasteiger partial charge on any atom is -0.456 e. The van der Waals surface area contributed by atoms with Crippen LogP contribution in [-0.2, 0) is 0 Å². The molecule has 0 radical (unpaired) electrons. The summed E-state index contributed by atoms with van der Waals surface area (Å²) in [4.78, 5) is 2.46. The molecule has 0 aliphatic carbocycles. The molecular weight excluding hydrogens is 759 g/mol. The fraction of sp³-hybridized carbons (Fsp3) is 0. The Hall–Kier alpha value is -7.72. The van der Waals surface area contributed by atoms with E-state index in [9.17, 15) is 0 Å². The van der Waals surface area contributed by atoms with Gasteiger partial charge in [-0.3, -0.25) is 0 Å². The summed E-state index contributed by atoms with van der Waals surface area (Å²) < 4.78 is 9.28. The highest BCUT2D eigenvalue weighted by Gasteiger charge is 2.24. The van der Waals surface area contributed by atoms with Crippen molar-refractivity contribution in [3.8, 4) is 44.5 Å². The first-order valence-electron chi connectivity index (χ1n) is 20.7. The first kappa shape index (κ1) is 35.2. The number of anilines is 3. The molecule has 2 heterocycles. The third-order valence-electron chi connectivity index (χ3n) is 12.1. The Morgan fingerprint density at radius 2 is 0.984 bits per heavy atom. The first-order chi connectivity index (χ1) is 30.3. The van der Waals surface area contributed by atoms with Gasteiger partial charge in [0.05, 0.1) is 16.8 Å². The van der Waals surface area contributed by atoms with Crippen LogP contribution in [0.5, 0.6) is 0 Å². The highest BCUT2D eigenvalue weighted by atomic mass is 32.1. The number of nitrogens with zero attached hydrogens (tertiary/aromatic N) is 1. The van der Waals surface area contributed by atoms with Crippen molar-refractivity contribution in [2.24, 2.45) is 0 Å². The number of hydrogen-bond acceptors (Lipinski definition) is 3. The summed E-state index contributed by atoms with van der Waals surface area (Å²) in [5.74, 6) is 0. The van der Waals surface area contributed by atoms with Gasteiger partial charge in [-0.05, 0) is 104 Å². The highest BCUT2D eigenvalue weighted by molar-refractivity contribution is 7.26. The Morgan fingerprint density at radius 1 is 0.361 bits per heavy atom. The Kier molecular flexibility index (Phi) is 8.39. The summed E-state index contributed by atoms with van der Waals surface area (Å²) in [6.07, 6.45) is 0. The monoisotopic (exact) mass is 795 g/mol. The minimum atomic E-state index is 0.857. The fourth-order valence-electron chi connectivity index (χ4n) is 9.27. The van der Waals surface area contributed by atoms with Crippen LogP contribution >= 0.6 is 11.3 Å². The number of benzene rings is 10. The van der Waals surface area contributed by atoms with E-state index in [1.807, 2.05) is 11.3 Å². The van der Waals surface area contributed by atoms with E-state index in [-0.39, 0.29) is 0 Å². The topological polar surface area (TPSA) is 16.4 Å². The van der Waals surface area contributed by atoms with Crippen LogP contribution in [0.3, 0.4) is 0 Å². The van der Waals surface area contributed by atoms with Crippen molar-refractivity contribution in [2.75, 3.05) is 4.90 Å². The lowest BCUT2D eigenvalue weighted by molar-refractivity contribution is 0.669. The Morgan fingerprint density at radius 3 is 1.77 bits per heavy atom. The Balaban J connectivity index is 1.10. The number of rotatable bonds is 7. The van der Waals surface area contributed by atoms with E-state index in [0.29, 0.717) is 0 Å². The second-order valence-electron chi connectivity index (χ2n) is 15.6. The number of fused-ring (bicyclic) bond motifs is 7. The molecule has 0 aliphatic rings. The van der Waals surface area contributed by atoms with E-state index in [0.717, 1.165) is 44.6 Å². The van der Waals surface area contributed by atoms with Gasteiger partial charge in [0.15, 0.2) is 0 Å². The normalized spacial score (nSPS) is 11.6. The molecule has 0 spiro atoms. The first-order valence-corrected chi connectivity index (χ1v) is 21.6. The van der Waals surface area contributed by atoms with Crippen LogP contribution in [-0.4, -0.2) is 0 Å². The lowest BCUT2D eigenvalue weighted by atomic mass is 9.89. The lowest BCUT2D eigenvalue weighted by Crippen LogP contribution is -2.11. The largest absolute Gasteiger partial charge is 0.456 e. The number of thiophene rings is 1. The number of hydrogen-bond donors (Lipinski definition) is 0. The van der Waals surface area contributed by atoms with Crippen LogP contribution in [0.15, 0.2) is 229 Å². The predicted octanol–water partition coefficient (Wildman–Crippen LogP) is 17.2. The highest BCUT2D eigenvalue weighted by Crippen LogP contribution is 2.51. The molecular formula is C58H37NOS. The summed E-state index contributed by atoms with van der Waals surface area (Å²) >= 11 is 1.87. The zero-order valence-electron chi connectivity index (χ0n) is 33.1. The van der Waals surface area contributed by atoms with Gasteiger partial charge < -0.3 is 9.32 Å². The Bertz CT molecular complexity index is 3570. The molecule has 12 aromatic rings. The van der Waals surface area contributed by atoms with E-state index in [1.165, 1.54) is 69.9 Å². The van der Waals surface area contributed by atoms with E-state index < -0.39 is 0 Å². The molecule has 10 aromatic carbocycles. The zero-order chi connectivity index (χ0) is 40.3. The molecule has 3 heteroatoms. The molecule has 2 aromatic heterocycles. The van der Waals surface area contributed by atoms with E-state index >= 15 is 0 Å². The molecule has 0 bridgehead atoms. The van der Waals surface area contributed by atoms with Gasteiger partial charge in [-0.1, -0.05) is 176 Å². The summed E-state index contributed by atoms with van der Waals surface area (Å²) in [6.45, 7) is 0. The maximum Gasteiger partial charge on any atom is 0.137 e. The van der Waals surface area contributed by atoms with Gasteiger partial charge in [0.2, 0.25) is 0 Å². The van der Waals surface area contributed by atoms with E-state index in [2.05, 4.69) is 229 Å². The number of furan rings is 1. The summed E-state index contributed by atoms with van der Waals surface area (Å²) in [7, 11) is 0. The molecule has 61 heavy (non-hydrogen) atoms. The van der Waals surface area contributed by atoms with E-state index in [4.69, 9.17) is 4.42 Å². The zero-order valence-corrected chi connectivity index (χ0v) is 33.9. The van der Waals surface area contributed by atoms with Crippen LogP contribution in [0.4, 0.5) is 17.1 Å². The standard InChI is InChI=1S/C58H37NOS/c1-4-15-38(16-5-1)43-30-34-48-53(37-43)60-52-25-14-24-50(56(48)52)59(51-36-35-47(39-17-6-2-7-18-39)58-57(51)49-23-12-13-26-54(49)61-58)44-31-27-41(28-32-44)46-33-29-40-19-10-11-22-45(40)55(46)42-20-8-3-9-21-42/h1-37H. The van der Waals surface area contributed by atoms with Gasteiger partial charge >= 0.3 is 0 Å². The van der Waals surface area contributed by atoms with Crippen LogP contribution in [0, 0.1) is 0 Å². The van der Waals surface area contributed by atoms with Crippen molar-refractivity contribution in [1.29, 1.82) is 0 Å². The fourth-order valence-corrected chi connectivity index (χ4v) is 10.5. The summed E-state index contributed by atoms with van der Waals surface area (Å²) in [6, 6.07) is 81.0. The van der Waals surface area contributed by atoms with Crippen molar-refractivity contribution < 1.29 is 4.42 Å². The molecule has 0 unspecified atom stereocenters. The molecule has 0 aliphatic heterocycles. The summed E-state index contributed by atoms with van der Waals surface area (Å²) in [5.41, 5.74) is 14.6. The maximum absolute atomic E-state index is 6.74. The van der Waals surface area contributed by atoms with E-state index in [1.54, 1.807) is 0 Å². The van der Waals surface area contributed by atoms with Gasteiger partial charge in [-0.25, -0.2) is 0 Å². The third-order valence-corrected chi connectivity index (χ3v) is 13.3. The predicted molar refractivity (Wildman–Crippen MR) is 261 cm³/mol. The smallest absolute Gasteiger partial charge is 0.137 e. The van der Waals surface area contributed by atoms with Crippen molar-refractivity contribution >= 4 is 81.3 Å². The van der Waals surface area contributed by atoms with Crippen molar-refractivity contribution in [3.63, 3.8) is 0 Å². The average molecular weight is 796 g/mol. The van der Waals surface area contributed by atoms with Crippen molar-refractivity contribution in [2.45, 2.75) is 0 Å². The molecule has 0 saturated heterocycles. The van der Waals surface area contributed by atoms with Crippen molar-refractivity contribution in [3.05, 3.63) is 224 Å². The molecule has 0 N–H and O–H groups in total. The molecule has 286 valence electrons. The van der Waals surface area contributed by atoms with Crippen LogP contribution < -0.4 is 4.90 Å². The van der Waals surface area contributed by atoms with Crippen molar-refractivity contribution in [1.82, 2.24) is 0 Å². The third kappa shape index (κ3) is 5.93. The maximum atomic E-state index is 6.74. The van der Waals surface area contributed by atoms with Gasteiger partial charge in [-0.15, -0.1) is 11.3 Å². The molecule has 0 atom stereocenters. The SMILES string of the molecule is c1ccc(-c2ccc3c(c2)oc2cccc(N(c4ccc(-c5ccc6ccccc6c5-c5ccccc5)cc4)c4ccc(-c5ccccc5)c5sc6ccccc6c45)c23)cc1. The van der Waals surface area contributed by atoms with Gasteiger partial charge in [0.25, 0.3) is 0 Å². The molecule has 0 amide bonds. The quantitative estimate of drug-likeness (QED) is 0.160. The second kappa shape index (κ2) is 14.5. The summed E-state index contributed by atoms with van der Waals surface area (Å²) in [5, 5.41) is 7.14. The van der Waals surface area contributed by atoms with Crippen LogP contribution in [0.2, 0.25) is 0 Å². The molecule has 0 saturated carbocycles. The second-order valence-corrected chi connectivity index (χ2v) is 16.6. The minimum absolute atomic E-state index is 0.857. The lowest BCUT2D eigenvalue weighted by Gasteiger charge is -2.28. The van der Waals surface area contributed by atoms with Gasteiger partial charge in [0.1, 0.15) is 11.2 Å². The molecule has 0 fully saturated rings. The Labute approximate surface area is 357 Å². The van der Waals surface area contributed by atoms with Gasteiger partial charge in [-0.2, -0.15) is 0 Å². The van der Waals surface area contributed by atoms with Crippen LogP contribution in [0.25, 0.3) is 97.4 Å². The van der Waals surface area contributed by atoms with Gasteiger partial charge in [0, 0.05) is 31.2 Å². The molecule has 2 nitrogen and oxygen atoms in total.